The van der Waals surface area contributed by atoms with Gasteiger partial charge in [0.1, 0.15) is 0 Å². The van der Waals surface area contributed by atoms with Crippen molar-refractivity contribution in [3.8, 4) is 0 Å². The van der Waals surface area contributed by atoms with Crippen molar-refractivity contribution < 1.29 is 14.6 Å². The fraction of sp³-hybridized carbons (Fsp3) is 1.00. The van der Waals surface area contributed by atoms with Crippen molar-refractivity contribution in [3.63, 3.8) is 0 Å². The number of aliphatic hydroxyl groups is 1. The molecule has 1 fully saturated rings. The third-order valence-electron chi connectivity index (χ3n) is 2.80. The lowest BCUT2D eigenvalue weighted by Crippen LogP contribution is -2.51. The number of ether oxygens (including phenoxy) is 2. The van der Waals surface area contributed by atoms with Gasteiger partial charge in [-0.3, -0.25) is 0 Å². The first-order valence-corrected chi connectivity index (χ1v) is 5.58. The van der Waals surface area contributed by atoms with Gasteiger partial charge in [-0.15, -0.1) is 0 Å². The van der Waals surface area contributed by atoms with E-state index in [0.29, 0.717) is 19.8 Å². The van der Waals surface area contributed by atoms with E-state index >= 15 is 0 Å². The van der Waals surface area contributed by atoms with Gasteiger partial charge in [0, 0.05) is 6.54 Å². The highest BCUT2D eigenvalue weighted by Crippen LogP contribution is 2.17. The van der Waals surface area contributed by atoms with Crippen LogP contribution in [0, 0.1) is 0 Å². The molecule has 1 rings (SSSR count). The first kappa shape index (κ1) is 12.9. The molecule has 4 heteroatoms. The second-order valence-electron chi connectivity index (χ2n) is 4.95. The van der Waals surface area contributed by atoms with Gasteiger partial charge in [0.25, 0.3) is 0 Å². The van der Waals surface area contributed by atoms with Crippen LogP contribution in [0.25, 0.3) is 0 Å². The van der Waals surface area contributed by atoms with Crippen LogP contribution >= 0.6 is 0 Å². The SMILES string of the molecule is CCC(C)(O)CNC1COC(C)(C)OC1. The van der Waals surface area contributed by atoms with Crippen LogP contribution in [0.2, 0.25) is 0 Å². The summed E-state index contributed by atoms with van der Waals surface area (Å²) >= 11 is 0. The molecule has 1 unspecified atom stereocenters. The molecule has 90 valence electrons. The molecule has 0 spiro atoms. The second kappa shape index (κ2) is 4.78. The lowest BCUT2D eigenvalue weighted by Gasteiger charge is -2.36. The molecule has 0 aliphatic carbocycles. The topological polar surface area (TPSA) is 50.7 Å². The molecular weight excluding hydrogens is 194 g/mol. The molecule has 0 aromatic rings. The maximum absolute atomic E-state index is 9.81. The lowest BCUT2D eigenvalue weighted by atomic mass is 10.0. The summed E-state index contributed by atoms with van der Waals surface area (Å²) in [6, 6.07) is 0.177. The number of hydrogen-bond donors (Lipinski definition) is 2. The third-order valence-corrected chi connectivity index (χ3v) is 2.80. The van der Waals surface area contributed by atoms with Crippen LogP contribution < -0.4 is 5.32 Å². The number of hydrogen-bond acceptors (Lipinski definition) is 4. The summed E-state index contributed by atoms with van der Waals surface area (Å²) in [5, 5.41) is 13.1. The van der Waals surface area contributed by atoms with Crippen molar-refractivity contribution >= 4 is 0 Å². The average Bonchev–Trinajstić information content (AvgIpc) is 2.16. The molecule has 0 aromatic heterocycles. The summed E-state index contributed by atoms with van der Waals surface area (Å²) in [5.74, 6) is -0.467. The first-order valence-electron chi connectivity index (χ1n) is 5.58. The quantitative estimate of drug-likeness (QED) is 0.734. The number of nitrogens with one attached hydrogen (secondary N) is 1. The monoisotopic (exact) mass is 217 g/mol. The van der Waals surface area contributed by atoms with Gasteiger partial charge in [-0.1, -0.05) is 6.92 Å². The second-order valence-corrected chi connectivity index (χ2v) is 4.95. The van der Waals surface area contributed by atoms with Crippen molar-refractivity contribution in [3.05, 3.63) is 0 Å². The Morgan fingerprint density at radius 3 is 2.40 bits per heavy atom. The smallest absolute Gasteiger partial charge is 0.162 e. The fourth-order valence-electron chi connectivity index (χ4n) is 1.30. The minimum absolute atomic E-state index is 0.177. The largest absolute Gasteiger partial charge is 0.389 e. The van der Waals surface area contributed by atoms with Crippen molar-refractivity contribution in [1.82, 2.24) is 5.32 Å². The Bertz CT molecular complexity index is 194. The molecule has 0 bridgehead atoms. The Balaban J connectivity index is 2.25. The van der Waals surface area contributed by atoms with Crippen LogP contribution in [0.5, 0.6) is 0 Å². The molecule has 4 nitrogen and oxygen atoms in total. The average molecular weight is 217 g/mol. The maximum atomic E-state index is 9.81. The Kier molecular flexibility index (Phi) is 4.12. The summed E-state index contributed by atoms with van der Waals surface area (Å²) in [6.45, 7) is 9.45. The van der Waals surface area contributed by atoms with E-state index in [-0.39, 0.29) is 6.04 Å². The van der Waals surface area contributed by atoms with Crippen LogP contribution in [0.1, 0.15) is 34.1 Å². The Hall–Kier alpha value is -0.160. The molecule has 0 radical (unpaired) electrons. The highest BCUT2D eigenvalue weighted by Gasteiger charge is 2.29. The molecule has 15 heavy (non-hydrogen) atoms. The Labute approximate surface area is 92.0 Å². The predicted molar refractivity (Wildman–Crippen MR) is 58.7 cm³/mol. The van der Waals surface area contributed by atoms with Crippen molar-refractivity contribution in [2.75, 3.05) is 19.8 Å². The van der Waals surface area contributed by atoms with E-state index in [4.69, 9.17) is 9.47 Å². The summed E-state index contributed by atoms with van der Waals surface area (Å²) < 4.78 is 11.0. The zero-order valence-electron chi connectivity index (χ0n) is 10.2. The maximum Gasteiger partial charge on any atom is 0.162 e. The third kappa shape index (κ3) is 4.47. The van der Waals surface area contributed by atoms with Crippen molar-refractivity contribution in [2.45, 2.75) is 51.5 Å². The molecule has 2 N–H and O–H groups in total. The highest BCUT2D eigenvalue weighted by molar-refractivity contribution is 4.79. The summed E-state index contributed by atoms with van der Waals surface area (Å²) in [6.07, 6.45) is 0.736. The van der Waals surface area contributed by atoms with Crippen molar-refractivity contribution in [2.24, 2.45) is 0 Å². The zero-order chi connectivity index (χ0) is 11.5. The minimum atomic E-state index is -0.646. The van der Waals surface area contributed by atoms with Gasteiger partial charge in [-0.25, -0.2) is 0 Å². The normalized spacial score (nSPS) is 26.2. The molecule has 1 aliphatic heterocycles. The van der Waals surface area contributed by atoms with Gasteiger partial charge in [-0.05, 0) is 27.2 Å². The molecule has 1 heterocycles. The van der Waals surface area contributed by atoms with Crippen LogP contribution in [-0.4, -0.2) is 42.3 Å². The first-order chi connectivity index (χ1) is 6.85. The van der Waals surface area contributed by atoms with Gasteiger partial charge in [0.15, 0.2) is 5.79 Å². The van der Waals surface area contributed by atoms with E-state index < -0.39 is 11.4 Å². The summed E-state index contributed by atoms with van der Waals surface area (Å²) in [5.41, 5.74) is -0.646. The molecular formula is C11H23NO3. The van der Waals surface area contributed by atoms with Gasteiger partial charge < -0.3 is 19.9 Å². The minimum Gasteiger partial charge on any atom is -0.389 e. The standard InChI is InChI=1S/C11H23NO3/c1-5-11(4,13)8-12-9-6-14-10(2,3)15-7-9/h9,12-13H,5-8H2,1-4H3. The van der Waals surface area contributed by atoms with E-state index in [1.807, 2.05) is 27.7 Å². The van der Waals surface area contributed by atoms with E-state index in [0.717, 1.165) is 6.42 Å². The fourth-order valence-corrected chi connectivity index (χ4v) is 1.30. The molecule has 1 atom stereocenters. The zero-order valence-corrected chi connectivity index (χ0v) is 10.2. The van der Waals surface area contributed by atoms with Crippen LogP contribution in [0.4, 0.5) is 0 Å². The molecule has 0 aromatic carbocycles. The summed E-state index contributed by atoms with van der Waals surface area (Å²) in [4.78, 5) is 0. The number of rotatable bonds is 4. The van der Waals surface area contributed by atoms with E-state index in [9.17, 15) is 5.11 Å². The molecule has 1 aliphatic rings. The van der Waals surface area contributed by atoms with E-state index in [2.05, 4.69) is 5.32 Å². The van der Waals surface area contributed by atoms with Gasteiger partial charge in [-0.2, -0.15) is 0 Å². The summed E-state index contributed by atoms with van der Waals surface area (Å²) in [7, 11) is 0. The molecule has 0 saturated carbocycles. The van der Waals surface area contributed by atoms with E-state index in [1.54, 1.807) is 0 Å². The van der Waals surface area contributed by atoms with Gasteiger partial charge in [0.2, 0.25) is 0 Å². The lowest BCUT2D eigenvalue weighted by molar-refractivity contribution is -0.253. The molecule has 1 saturated heterocycles. The highest BCUT2D eigenvalue weighted by atomic mass is 16.7. The Morgan fingerprint density at radius 2 is 1.93 bits per heavy atom. The van der Waals surface area contributed by atoms with Crippen LogP contribution in [0.15, 0.2) is 0 Å². The molecule has 0 amide bonds. The van der Waals surface area contributed by atoms with Gasteiger partial charge in [0.05, 0.1) is 24.9 Å². The predicted octanol–water partition coefficient (Wildman–Crippen LogP) is 0.888. The van der Waals surface area contributed by atoms with Crippen molar-refractivity contribution in [1.29, 1.82) is 0 Å². The Morgan fingerprint density at radius 1 is 1.40 bits per heavy atom. The van der Waals surface area contributed by atoms with Crippen LogP contribution in [-0.2, 0) is 9.47 Å². The van der Waals surface area contributed by atoms with Gasteiger partial charge >= 0.3 is 0 Å². The van der Waals surface area contributed by atoms with E-state index in [1.165, 1.54) is 0 Å². The van der Waals surface area contributed by atoms with Crippen LogP contribution in [0.3, 0.4) is 0 Å².